The summed E-state index contributed by atoms with van der Waals surface area (Å²) in [5.41, 5.74) is 0. The lowest BCUT2D eigenvalue weighted by molar-refractivity contribution is -0.214. The van der Waals surface area contributed by atoms with Crippen molar-refractivity contribution >= 4 is 0 Å². The van der Waals surface area contributed by atoms with E-state index in [9.17, 15) is 5.11 Å². The van der Waals surface area contributed by atoms with E-state index >= 15 is 0 Å². The Hall–Kier alpha value is -1.30. The fourth-order valence-corrected chi connectivity index (χ4v) is 2.30. The molecule has 2 aliphatic rings. The topological polar surface area (TPSA) is 57.2 Å². The van der Waals surface area contributed by atoms with Gasteiger partial charge in [0.1, 0.15) is 6.10 Å². The SMILES string of the molecule is C[C@H]1C[C@@H](OC2Oc3ccccc3O2)[C@@H](CO)O1. The number of benzene rings is 1. The van der Waals surface area contributed by atoms with Gasteiger partial charge < -0.3 is 24.1 Å². The minimum atomic E-state index is -0.754. The van der Waals surface area contributed by atoms with Crippen LogP contribution >= 0.6 is 0 Å². The highest BCUT2D eigenvalue weighted by Crippen LogP contribution is 2.35. The minimum absolute atomic E-state index is 0.0608. The number of aliphatic hydroxyl groups is 1. The van der Waals surface area contributed by atoms with E-state index in [4.69, 9.17) is 18.9 Å². The van der Waals surface area contributed by atoms with E-state index in [-0.39, 0.29) is 24.9 Å². The van der Waals surface area contributed by atoms with Crippen molar-refractivity contribution in [1.82, 2.24) is 0 Å². The third kappa shape index (κ3) is 2.16. The molecule has 0 saturated carbocycles. The van der Waals surface area contributed by atoms with Gasteiger partial charge in [-0.2, -0.15) is 0 Å². The molecule has 0 radical (unpaired) electrons. The van der Waals surface area contributed by atoms with Gasteiger partial charge in [-0.15, -0.1) is 0 Å². The van der Waals surface area contributed by atoms with E-state index in [1.165, 1.54) is 0 Å². The van der Waals surface area contributed by atoms with Crippen molar-refractivity contribution in [2.24, 2.45) is 0 Å². The maximum Gasteiger partial charge on any atom is 0.361 e. The third-order valence-corrected chi connectivity index (χ3v) is 3.15. The molecule has 3 atom stereocenters. The van der Waals surface area contributed by atoms with E-state index in [2.05, 4.69) is 0 Å². The molecule has 2 aliphatic heterocycles. The van der Waals surface area contributed by atoms with Gasteiger partial charge in [0.2, 0.25) is 0 Å². The quantitative estimate of drug-likeness (QED) is 0.878. The Balaban J connectivity index is 1.62. The fourth-order valence-electron chi connectivity index (χ4n) is 2.30. The van der Waals surface area contributed by atoms with Crippen molar-refractivity contribution in [2.45, 2.75) is 38.1 Å². The molecule has 0 spiro atoms. The highest BCUT2D eigenvalue weighted by Gasteiger charge is 2.37. The summed E-state index contributed by atoms with van der Waals surface area (Å²) in [4.78, 5) is 0. The van der Waals surface area contributed by atoms with Crippen molar-refractivity contribution in [2.75, 3.05) is 6.61 Å². The molecule has 3 rings (SSSR count). The summed E-state index contributed by atoms with van der Waals surface area (Å²) in [6, 6.07) is 7.41. The molecule has 0 bridgehead atoms. The number of hydrogen-bond acceptors (Lipinski definition) is 5. The third-order valence-electron chi connectivity index (χ3n) is 3.15. The molecule has 0 unspecified atom stereocenters. The molecule has 98 valence electrons. The van der Waals surface area contributed by atoms with Crippen LogP contribution < -0.4 is 9.47 Å². The summed E-state index contributed by atoms with van der Waals surface area (Å²) in [6.07, 6.45) is 0.293. The lowest BCUT2D eigenvalue weighted by atomic mass is 10.1. The van der Waals surface area contributed by atoms with Gasteiger partial charge in [-0.25, -0.2) is 0 Å². The molecule has 1 N–H and O–H groups in total. The van der Waals surface area contributed by atoms with Crippen LogP contribution in [0.1, 0.15) is 13.3 Å². The van der Waals surface area contributed by atoms with E-state index < -0.39 is 6.48 Å². The Labute approximate surface area is 105 Å². The Bertz CT molecular complexity index is 397. The molecule has 1 fully saturated rings. The first kappa shape index (κ1) is 11.8. The number of ether oxygens (including phenoxy) is 4. The van der Waals surface area contributed by atoms with Gasteiger partial charge >= 0.3 is 6.48 Å². The number of aliphatic hydroxyl groups excluding tert-OH is 1. The van der Waals surface area contributed by atoms with E-state index in [0.717, 1.165) is 6.42 Å². The molecule has 1 saturated heterocycles. The summed E-state index contributed by atoms with van der Waals surface area (Å²) in [7, 11) is 0. The molecule has 1 aromatic rings. The first-order valence-corrected chi connectivity index (χ1v) is 6.10. The van der Waals surface area contributed by atoms with Crippen LogP contribution in [0.5, 0.6) is 11.5 Å². The average molecular weight is 252 g/mol. The molecular weight excluding hydrogens is 236 g/mol. The summed E-state index contributed by atoms with van der Waals surface area (Å²) in [5.74, 6) is 1.35. The van der Waals surface area contributed by atoms with E-state index in [1.54, 1.807) is 0 Å². The highest BCUT2D eigenvalue weighted by atomic mass is 16.9. The predicted molar refractivity (Wildman–Crippen MR) is 62.4 cm³/mol. The first-order valence-electron chi connectivity index (χ1n) is 6.10. The summed E-state index contributed by atoms with van der Waals surface area (Å²) >= 11 is 0. The number of rotatable bonds is 3. The summed E-state index contributed by atoms with van der Waals surface area (Å²) < 4.78 is 22.3. The molecule has 1 aromatic carbocycles. The normalized spacial score (nSPS) is 30.9. The van der Waals surface area contributed by atoms with Crippen molar-refractivity contribution in [3.8, 4) is 11.5 Å². The second kappa shape index (κ2) is 4.76. The van der Waals surface area contributed by atoms with Gasteiger partial charge in [-0.05, 0) is 19.1 Å². The maximum absolute atomic E-state index is 9.22. The lowest BCUT2D eigenvalue weighted by Gasteiger charge is -2.19. The van der Waals surface area contributed by atoms with Gasteiger partial charge in [-0.1, -0.05) is 12.1 Å². The van der Waals surface area contributed by atoms with Crippen LogP contribution in [0.2, 0.25) is 0 Å². The minimum Gasteiger partial charge on any atom is -0.428 e. The van der Waals surface area contributed by atoms with Gasteiger partial charge in [0.05, 0.1) is 18.8 Å². The van der Waals surface area contributed by atoms with Crippen LogP contribution in [0.15, 0.2) is 24.3 Å². The monoisotopic (exact) mass is 252 g/mol. The molecule has 0 aromatic heterocycles. The van der Waals surface area contributed by atoms with Gasteiger partial charge in [0.25, 0.3) is 0 Å². The Morgan fingerprint density at radius 2 is 1.94 bits per heavy atom. The molecule has 5 nitrogen and oxygen atoms in total. The zero-order chi connectivity index (χ0) is 12.5. The fraction of sp³-hybridized carbons (Fsp3) is 0.538. The van der Waals surface area contributed by atoms with E-state index in [0.29, 0.717) is 11.5 Å². The van der Waals surface area contributed by atoms with Gasteiger partial charge in [0.15, 0.2) is 11.5 Å². The van der Waals surface area contributed by atoms with E-state index in [1.807, 2.05) is 31.2 Å². The Kier molecular flexibility index (Phi) is 3.11. The standard InChI is InChI=1S/C13H16O5/c1-8-6-11(12(7-14)15-8)18-13-16-9-4-2-3-5-10(9)17-13/h2-5,8,11-14H,6-7H2,1H3/t8-,11+,12+/m0/s1. The van der Waals surface area contributed by atoms with Crippen LogP contribution in [0.25, 0.3) is 0 Å². The Morgan fingerprint density at radius 1 is 1.28 bits per heavy atom. The van der Waals surface area contributed by atoms with Crippen LogP contribution in [-0.4, -0.2) is 36.5 Å². The first-order chi connectivity index (χ1) is 8.76. The van der Waals surface area contributed by atoms with Crippen molar-refractivity contribution in [3.63, 3.8) is 0 Å². The summed E-state index contributed by atoms with van der Waals surface area (Å²) in [5, 5.41) is 9.22. The van der Waals surface area contributed by atoms with Crippen LogP contribution in [-0.2, 0) is 9.47 Å². The summed E-state index contributed by atoms with van der Waals surface area (Å²) in [6.45, 7) is 1.14. The zero-order valence-electron chi connectivity index (χ0n) is 10.1. The molecular formula is C13H16O5. The van der Waals surface area contributed by atoms with Crippen LogP contribution in [0.4, 0.5) is 0 Å². The smallest absolute Gasteiger partial charge is 0.361 e. The molecule has 0 amide bonds. The van der Waals surface area contributed by atoms with Crippen molar-refractivity contribution in [1.29, 1.82) is 0 Å². The molecule has 2 heterocycles. The number of para-hydroxylation sites is 2. The second-order valence-corrected chi connectivity index (χ2v) is 4.55. The molecule has 0 aliphatic carbocycles. The predicted octanol–water partition coefficient (Wildman–Crippen LogP) is 1.30. The Morgan fingerprint density at radius 3 is 2.56 bits per heavy atom. The lowest BCUT2D eigenvalue weighted by Crippen LogP contribution is -2.35. The van der Waals surface area contributed by atoms with Crippen LogP contribution in [0.3, 0.4) is 0 Å². The van der Waals surface area contributed by atoms with Gasteiger partial charge in [0, 0.05) is 6.42 Å². The van der Waals surface area contributed by atoms with Crippen molar-refractivity contribution in [3.05, 3.63) is 24.3 Å². The second-order valence-electron chi connectivity index (χ2n) is 4.55. The highest BCUT2D eigenvalue weighted by molar-refractivity contribution is 5.41. The van der Waals surface area contributed by atoms with Crippen LogP contribution in [0, 0.1) is 0 Å². The zero-order valence-corrected chi connectivity index (χ0v) is 10.1. The number of hydrogen-bond donors (Lipinski definition) is 1. The molecule has 5 heteroatoms. The number of fused-ring (bicyclic) bond motifs is 1. The van der Waals surface area contributed by atoms with Gasteiger partial charge in [-0.3, -0.25) is 0 Å². The van der Waals surface area contributed by atoms with Crippen molar-refractivity contribution < 1.29 is 24.1 Å². The average Bonchev–Trinajstić information content (AvgIpc) is 2.92. The maximum atomic E-state index is 9.22. The largest absolute Gasteiger partial charge is 0.428 e. The molecule has 18 heavy (non-hydrogen) atoms.